The van der Waals surface area contributed by atoms with Crippen molar-refractivity contribution in [3.8, 4) is 17.1 Å². The Morgan fingerprint density at radius 2 is 1.97 bits per heavy atom. The third-order valence-corrected chi connectivity index (χ3v) is 7.97. The lowest BCUT2D eigenvalue weighted by Crippen LogP contribution is -2.56. The summed E-state index contributed by atoms with van der Waals surface area (Å²) in [4.78, 5) is 16.4. The van der Waals surface area contributed by atoms with Gasteiger partial charge in [0, 0.05) is 34.2 Å². The Morgan fingerprint density at radius 3 is 2.75 bits per heavy atom. The van der Waals surface area contributed by atoms with Gasteiger partial charge in [-0.1, -0.05) is 12.1 Å². The monoisotopic (exact) mass is 453 g/mol. The van der Waals surface area contributed by atoms with Gasteiger partial charge < -0.3 is 20.1 Å². The fourth-order valence-electron chi connectivity index (χ4n) is 4.30. The molecule has 2 aliphatic heterocycles. The first-order valence-electron chi connectivity index (χ1n) is 10.7. The molecule has 168 valence electrons. The second kappa shape index (κ2) is 7.67. The van der Waals surface area contributed by atoms with Gasteiger partial charge in [0.2, 0.25) is 0 Å². The van der Waals surface area contributed by atoms with E-state index in [0.29, 0.717) is 42.9 Å². The maximum Gasteiger partial charge on any atom is 0.185 e. The highest BCUT2D eigenvalue weighted by Gasteiger charge is 2.41. The summed E-state index contributed by atoms with van der Waals surface area (Å²) in [6, 6.07) is 8.05. The normalized spacial score (nSPS) is 21.6. The number of fused-ring (bicyclic) bond motifs is 4. The molecule has 0 aliphatic carbocycles. The van der Waals surface area contributed by atoms with E-state index < -0.39 is 15.5 Å². The zero-order valence-corrected chi connectivity index (χ0v) is 19.5. The molecule has 1 aromatic carbocycles. The van der Waals surface area contributed by atoms with E-state index in [1.54, 1.807) is 12.5 Å². The van der Waals surface area contributed by atoms with Crippen molar-refractivity contribution in [3.05, 3.63) is 36.2 Å². The Morgan fingerprint density at radius 1 is 1.16 bits per heavy atom. The van der Waals surface area contributed by atoms with Crippen LogP contribution in [0, 0.1) is 0 Å². The summed E-state index contributed by atoms with van der Waals surface area (Å²) >= 11 is 0. The molecule has 2 unspecified atom stereocenters. The molecule has 0 radical (unpaired) electrons. The van der Waals surface area contributed by atoms with Crippen molar-refractivity contribution in [1.29, 1.82) is 0 Å². The van der Waals surface area contributed by atoms with E-state index in [1.807, 2.05) is 38.1 Å². The highest BCUT2D eigenvalue weighted by molar-refractivity contribution is 7.85. The van der Waals surface area contributed by atoms with Gasteiger partial charge in [0.25, 0.3) is 0 Å². The summed E-state index contributed by atoms with van der Waals surface area (Å²) < 4.78 is 23.9. The number of nitrogens with zero attached hydrogens (tertiary/aromatic N) is 4. The van der Waals surface area contributed by atoms with Crippen LogP contribution in [-0.4, -0.2) is 57.3 Å². The van der Waals surface area contributed by atoms with E-state index >= 15 is 0 Å². The molecule has 2 N–H and O–H groups in total. The molecule has 0 saturated carbocycles. The molecule has 0 bridgehead atoms. The Labute approximate surface area is 189 Å². The number of hydrogen-bond acceptors (Lipinski definition) is 8. The van der Waals surface area contributed by atoms with Gasteiger partial charge in [0.15, 0.2) is 17.4 Å². The largest absolute Gasteiger partial charge is 0.486 e. The molecule has 9 heteroatoms. The van der Waals surface area contributed by atoms with E-state index in [2.05, 4.69) is 16.8 Å². The van der Waals surface area contributed by atoms with Gasteiger partial charge >= 0.3 is 0 Å². The highest BCUT2D eigenvalue weighted by atomic mass is 32.2. The molecule has 5 rings (SSSR count). The van der Waals surface area contributed by atoms with Crippen molar-refractivity contribution < 1.29 is 13.7 Å². The lowest BCUT2D eigenvalue weighted by atomic mass is 10.0. The predicted molar refractivity (Wildman–Crippen MR) is 126 cm³/mol. The molecule has 0 spiro atoms. The average molecular weight is 454 g/mol. The van der Waals surface area contributed by atoms with Crippen molar-refractivity contribution in [2.24, 2.45) is 0 Å². The number of pyridine rings is 1. The zero-order chi connectivity index (χ0) is 22.6. The predicted octanol–water partition coefficient (Wildman–Crippen LogP) is 2.87. The van der Waals surface area contributed by atoms with Crippen molar-refractivity contribution >= 4 is 33.2 Å². The molecule has 1 fully saturated rings. The SMILES string of the molecule is C[C@@H]1COCC2COc3c(nc(-c4ccc5cc(N)ncc5c4)nc3C(C)(C)S(C)=O)N21. The van der Waals surface area contributed by atoms with Gasteiger partial charge in [0.05, 0.1) is 30.0 Å². The summed E-state index contributed by atoms with van der Waals surface area (Å²) in [7, 11) is -1.17. The second-order valence-electron chi connectivity index (χ2n) is 8.94. The minimum Gasteiger partial charge on any atom is -0.486 e. The van der Waals surface area contributed by atoms with E-state index in [1.165, 1.54) is 0 Å². The standard InChI is InChI=1S/C23H27N5O3S/c1-13-10-30-11-17-12-31-19-20(23(2,3)32(4)29)26-21(27-22(19)28(13)17)15-6-5-14-8-18(24)25-9-16(14)7-15/h5-9,13,17H,10-12H2,1-4H3,(H2,24,25)/t13-,17?,32?/m1/s1. The van der Waals surface area contributed by atoms with Gasteiger partial charge in [0.1, 0.15) is 18.1 Å². The van der Waals surface area contributed by atoms with Crippen molar-refractivity contribution in [2.75, 3.05) is 36.7 Å². The van der Waals surface area contributed by atoms with Gasteiger partial charge in [-0.05, 0) is 38.3 Å². The lowest BCUT2D eigenvalue weighted by molar-refractivity contribution is 0.0482. The first kappa shape index (κ1) is 21.1. The average Bonchev–Trinajstić information content (AvgIpc) is 2.77. The van der Waals surface area contributed by atoms with Crippen LogP contribution in [0.4, 0.5) is 11.6 Å². The van der Waals surface area contributed by atoms with Gasteiger partial charge in [-0.15, -0.1) is 0 Å². The maximum atomic E-state index is 12.7. The molecule has 8 nitrogen and oxygen atoms in total. The number of nitrogen functional groups attached to an aromatic ring is 1. The van der Waals surface area contributed by atoms with Crippen LogP contribution in [0.2, 0.25) is 0 Å². The topological polar surface area (TPSA) is 103 Å². The number of ether oxygens (including phenoxy) is 2. The summed E-state index contributed by atoms with van der Waals surface area (Å²) in [5.41, 5.74) is 7.34. The second-order valence-corrected chi connectivity index (χ2v) is 10.9. The fraction of sp³-hybridized carbons (Fsp3) is 0.435. The van der Waals surface area contributed by atoms with Crippen molar-refractivity contribution in [2.45, 2.75) is 37.6 Å². The molecule has 2 aliphatic rings. The summed E-state index contributed by atoms with van der Waals surface area (Å²) in [5.74, 6) is 2.41. The summed E-state index contributed by atoms with van der Waals surface area (Å²) in [5, 5.41) is 1.95. The third kappa shape index (κ3) is 3.40. The van der Waals surface area contributed by atoms with E-state index in [4.69, 9.17) is 25.2 Å². The smallest absolute Gasteiger partial charge is 0.185 e. The number of rotatable bonds is 3. The first-order valence-corrected chi connectivity index (χ1v) is 12.2. The van der Waals surface area contributed by atoms with Gasteiger partial charge in [-0.3, -0.25) is 4.21 Å². The number of hydrogen-bond donors (Lipinski definition) is 1. The number of aromatic nitrogens is 3. The fourth-order valence-corrected chi connectivity index (χ4v) is 4.71. The Bertz CT molecular complexity index is 1230. The highest BCUT2D eigenvalue weighted by Crippen LogP contribution is 2.44. The number of anilines is 2. The quantitative estimate of drug-likeness (QED) is 0.646. The summed E-state index contributed by atoms with van der Waals surface area (Å²) in [6.07, 6.45) is 3.45. The van der Waals surface area contributed by atoms with Crippen LogP contribution < -0.4 is 15.4 Å². The van der Waals surface area contributed by atoms with Crippen LogP contribution in [0.1, 0.15) is 26.5 Å². The molecular weight excluding hydrogens is 426 g/mol. The molecule has 0 amide bonds. The molecule has 2 aromatic heterocycles. The summed E-state index contributed by atoms with van der Waals surface area (Å²) in [6.45, 7) is 7.68. The van der Waals surface area contributed by atoms with Crippen LogP contribution >= 0.6 is 0 Å². The molecule has 3 atom stereocenters. The number of morpholine rings is 1. The Hall–Kier alpha value is -2.78. The lowest BCUT2D eigenvalue weighted by Gasteiger charge is -2.45. The molecular formula is C23H27N5O3S. The van der Waals surface area contributed by atoms with Crippen LogP contribution in [-0.2, 0) is 20.3 Å². The minimum absolute atomic E-state index is 0.0841. The molecule has 4 heterocycles. The minimum atomic E-state index is -1.17. The van der Waals surface area contributed by atoms with Gasteiger partial charge in [-0.2, -0.15) is 0 Å². The van der Waals surface area contributed by atoms with Crippen LogP contribution in [0.5, 0.6) is 5.75 Å². The Kier molecular flexibility index (Phi) is 5.05. The first-order chi connectivity index (χ1) is 15.3. The van der Waals surface area contributed by atoms with Crippen molar-refractivity contribution in [1.82, 2.24) is 15.0 Å². The van der Waals surface area contributed by atoms with Crippen LogP contribution in [0.25, 0.3) is 22.2 Å². The molecule has 1 saturated heterocycles. The Balaban J connectivity index is 1.73. The van der Waals surface area contributed by atoms with Crippen LogP contribution in [0.15, 0.2) is 30.5 Å². The number of benzene rings is 1. The zero-order valence-electron chi connectivity index (χ0n) is 18.7. The van der Waals surface area contributed by atoms with E-state index in [0.717, 1.165) is 22.2 Å². The maximum absolute atomic E-state index is 12.7. The van der Waals surface area contributed by atoms with Crippen molar-refractivity contribution in [3.63, 3.8) is 0 Å². The molecule has 3 aromatic rings. The van der Waals surface area contributed by atoms with Gasteiger partial charge in [-0.25, -0.2) is 15.0 Å². The number of nitrogens with two attached hydrogens (primary N) is 1. The van der Waals surface area contributed by atoms with E-state index in [-0.39, 0.29) is 12.1 Å². The van der Waals surface area contributed by atoms with E-state index in [9.17, 15) is 4.21 Å². The third-order valence-electron chi connectivity index (χ3n) is 6.34. The van der Waals surface area contributed by atoms with Crippen LogP contribution in [0.3, 0.4) is 0 Å². The molecule has 32 heavy (non-hydrogen) atoms.